The summed E-state index contributed by atoms with van der Waals surface area (Å²) in [5.74, 6) is 0. The van der Waals surface area contributed by atoms with Crippen LogP contribution in [-0.2, 0) is 6.42 Å². The maximum Gasteiger partial charge on any atom is 0.0637 e. The summed E-state index contributed by atoms with van der Waals surface area (Å²) >= 11 is 13.8. The zero-order chi connectivity index (χ0) is 14.8. The van der Waals surface area contributed by atoms with Crippen LogP contribution in [0.15, 0.2) is 69.6 Å². The van der Waals surface area contributed by atoms with Crippen molar-refractivity contribution in [2.24, 2.45) is 0 Å². The van der Waals surface area contributed by atoms with Gasteiger partial charge in [-0.3, -0.25) is 0 Å². The molecule has 0 aliphatic heterocycles. The summed E-state index contributed by atoms with van der Waals surface area (Å²) in [7, 11) is 0. The van der Waals surface area contributed by atoms with Crippen molar-refractivity contribution in [1.29, 1.82) is 0 Å². The second-order valence-corrected chi connectivity index (χ2v) is 7.27. The average molecular weight is 425 g/mol. The summed E-state index contributed by atoms with van der Waals surface area (Å²) in [5, 5.41) is 2.46. The number of alkyl halides is 1. The van der Waals surface area contributed by atoms with Crippen molar-refractivity contribution in [2.45, 2.75) is 11.8 Å². The van der Waals surface area contributed by atoms with Crippen molar-refractivity contribution in [3.8, 4) is 0 Å². The van der Waals surface area contributed by atoms with Crippen molar-refractivity contribution < 1.29 is 0 Å². The van der Waals surface area contributed by atoms with Crippen LogP contribution in [0.1, 0.15) is 16.5 Å². The van der Waals surface area contributed by atoms with E-state index < -0.39 is 0 Å². The maximum absolute atomic E-state index is 6.67. The summed E-state index contributed by atoms with van der Waals surface area (Å²) in [4.78, 5) is 0. The van der Waals surface area contributed by atoms with E-state index in [2.05, 4.69) is 80.4 Å². The first-order valence-corrected chi connectivity index (χ1v) is 8.73. The minimum Gasteiger partial charge on any atom is -0.117 e. The van der Waals surface area contributed by atoms with Crippen LogP contribution in [0.4, 0.5) is 0 Å². The van der Waals surface area contributed by atoms with Crippen LogP contribution < -0.4 is 0 Å². The van der Waals surface area contributed by atoms with Crippen molar-refractivity contribution in [2.75, 3.05) is 0 Å². The molecule has 106 valence electrons. The summed E-state index contributed by atoms with van der Waals surface area (Å²) in [5.41, 5.74) is 2.39. The molecule has 1 unspecified atom stereocenters. The van der Waals surface area contributed by atoms with Gasteiger partial charge in [-0.25, -0.2) is 0 Å². The van der Waals surface area contributed by atoms with Gasteiger partial charge in [0.1, 0.15) is 0 Å². The fourth-order valence-electron chi connectivity index (χ4n) is 2.53. The Morgan fingerprint density at radius 2 is 1.67 bits per heavy atom. The highest BCUT2D eigenvalue weighted by Gasteiger charge is 2.14. The number of rotatable bonds is 3. The molecule has 0 bridgehead atoms. The van der Waals surface area contributed by atoms with Crippen LogP contribution in [0.2, 0.25) is 0 Å². The summed E-state index contributed by atoms with van der Waals surface area (Å²) in [6.07, 6.45) is 0.804. The Morgan fingerprint density at radius 3 is 2.52 bits per heavy atom. The van der Waals surface area contributed by atoms with Gasteiger partial charge in [0.05, 0.1) is 5.38 Å². The van der Waals surface area contributed by atoms with E-state index in [1.54, 1.807) is 0 Å². The number of benzene rings is 3. The average Bonchev–Trinajstić information content (AvgIpc) is 2.50. The Bertz CT molecular complexity index is 778. The molecular weight excluding hydrogens is 411 g/mol. The van der Waals surface area contributed by atoms with Gasteiger partial charge in [-0.2, -0.15) is 0 Å². The lowest BCUT2D eigenvalue weighted by Crippen LogP contribution is -1.98. The molecule has 1 atom stereocenters. The molecule has 0 amide bonds. The Morgan fingerprint density at radius 1 is 0.905 bits per heavy atom. The van der Waals surface area contributed by atoms with Crippen molar-refractivity contribution in [3.63, 3.8) is 0 Å². The lowest BCUT2D eigenvalue weighted by Gasteiger charge is -2.14. The van der Waals surface area contributed by atoms with E-state index >= 15 is 0 Å². The van der Waals surface area contributed by atoms with Gasteiger partial charge in [-0.1, -0.05) is 74.3 Å². The molecule has 0 fully saturated rings. The molecule has 0 aliphatic carbocycles. The fraction of sp³-hybridized carbons (Fsp3) is 0.111. The molecule has 0 N–H and O–H groups in total. The SMILES string of the molecule is ClC(Cc1cccc2ccccc12)c1cc(Br)ccc1Br. The monoisotopic (exact) mass is 422 g/mol. The Kier molecular flexibility index (Phi) is 4.68. The van der Waals surface area contributed by atoms with Crippen LogP contribution in [0.25, 0.3) is 10.8 Å². The molecule has 0 saturated heterocycles. The van der Waals surface area contributed by atoms with Crippen molar-refractivity contribution in [3.05, 3.63) is 80.7 Å². The molecule has 21 heavy (non-hydrogen) atoms. The van der Waals surface area contributed by atoms with Crippen LogP contribution in [0.5, 0.6) is 0 Å². The van der Waals surface area contributed by atoms with Gasteiger partial charge in [0.15, 0.2) is 0 Å². The maximum atomic E-state index is 6.67. The smallest absolute Gasteiger partial charge is 0.0637 e. The Labute approximate surface area is 146 Å². The zero-order valence-electron chi connectivity index (χ0n) is 11.2. The molecule has 0 radical (unpaired) electrons. The van der Waals surface area contributed by atoms with E-state index in [1.165, 1.54) is 16.3 Å². The molecule has 0 nitrogen and oxygen atoms in total. The Balaban J connectivity index is 1.96. The summed E-state index contributed by atoms with van der Waals surface area (Å²) in [6.45, 7) is 0. The molecule has 0 aliphatic rings. The molecule has 3 heteroatoms. The van der Waals surface area contributed by atoms with Gasteiger partial charge in [0.25, 0.3) is 0 Å². The first-order chi connectivity index (χ1) is 10.1. The fourth-order valence-corrected chi connectivity index (χ4v) is 3.91. The predicted octanol–water partition coefficient (Wildman–Crippen LogP) is 6.89. The lowest BCUT2D eigenvalue weighted by atomic mass is 9.98. The number of hydrogen-bond acceptors (Lipinski definition) is 0. The largest absolute Gasteiger partial charge is 0.117 e. The zero-order valence-corrected chi connectivity index (χ0v) is 15.1. The van der Waals surface area contributed by atoms with E-state index in [4.69, 9.17) is 11.6 Å². The van der Waals surface area contributed by atoms with Crippen LogP contribution in [0, 0.1) is 0 Å². The molecule has 0 aromatic heterocycles. The highest BCUT2D eigenvalue weighted by atomic mass is 79.9. The third kappa shape index (κ3) is 3.33. The highest BCUT2D eigenvalue weighted by molar-refractivity contribution is 9.11. The van der Waals surface area contributed by atoms with Gasteiger partial charge < -0.3 is 0 Å². The van der Waals surface area contributed by atoms with Gasteiger partial charge in [-0.15, -0.1) is 11.6 Å². The lowest BCUT2D eigenvalue weighted by molar-refractivity contribution is 0.921. The van der Waals surface area contributed by atoms with Crippen LogP contribution >= 0.6 is 43.5 Å². The summed E-state index contributed by atoms with van der Waals surface area (Å²) in [6, 6.07) is 20.9. The second-order valence-electron chi connectivity index (χ2n) is 4.98. The first-order valence-electron chi connectivity index (χ1n) is 6.71. The van der Waals surface area contributed by atoms with Gasteiger partial charge >= 0.3 is 0 Å². The Hall–Kier alpha value is -0.830. The molecule has 0 heterocycles. The highest BCUT2D eigenvalue weighted by Crippen LogP contribution is 2.34. The number of fused-ring (bicyclic) bond motifs is 1. The topological polar surface area (TPSA) is 0 Å². The minimum absolute atomic E-state index is 0.0670. The van der Waals surface area contributed by atoms with Crippen molar-refractivity contribution in [1.82, 2.24) is 0 Å². The quantitative estimate of drug-likeness (QED) is 0.402. The molecule has 3 aromatic rings. The predicted molar refractivity (Wildman–Crippen MR) is 98.1 cm³/mol. The van der Waals surface area contributed by atoms with Crippen LogP contribution in [-0.4, -0.2) is 0 Å². The molecule has 3 aromatic carbocycles. The standard InChI is InChI=1S/C18H13Br2Cl/c19-14-8-9-17(20)16(11-14)18(21)10-13-6-3-5-12-4-1-2-7-15(12)13/h1-9,11,18H,10H2. The van der Waals surface area contributed by atoms with Gasteiger partial charge in [0.2, 0.25) is 0 Å². The summed E-state index contributed by atoms with van der Waals surface area (Å²) < 4.78 is 2.09. The number of hydrogen-bond donors (Lipinski definition) is 0. The molecule has 0 saturated carbocycles. The van der Waals surface area contributed by atoms with Crippen LogP contribution in [0.3, 0.4) is 0 Å². The van der Waals surface area contributed by atoms with Gasteiger partial charge in [0, 0.05) is 8.95 Å². The molecule has 3 rings (SSSR count). The van der Waals surface area contributed by atoms with Gasteiger partial charge in [-0.05, 0) is 46.5 Å². The molecule has 0 spiro atoms. The van der Waals surface area contributed by atoms with E-state index in [0.717, 1.165) is 20.9 Å². The third-order valence-electron chi connectivity index (χ3n) is 3.57. The normalized spacial score (nSPS) is 12.5. The van der Waals surface area contributed by atoms with E-state index in [-0.39, 0.29) is 5.38 Å². The van der Waals surface area contributed by atoms with E-state index in [9.17, 15) is 0 Å². The number of halogens is 3. The van der Waals surface area contributed by atoms with E-state index in [1.807, 2.05) is 12.1 Å². The van der Waals surface area contributed by atoms with Crippen molar-refractivity contribution >= 4 is 54.2 Å². The third-order valence-corrected chi connectivity index (χ3v) is 5.18. The first kappa shape index (κ1) is 15.1. The molecular formula is C18H13Br2Cl. The van der Waals surface area contributed by atoms with E-state index in [0.29, 0.717) is 0 Å². The minimum atomic E-state index is -0.0670. The second kappa shape index (κ2) is 6.51.